The fourth-order valence-corrected chi connectivity index (χ4v) is 5.82. The highest BCUT2D eigenvalue weighted by atomic mass is 16.3. The number of rotatable bonds is 22. The van der Waals surface area contributed by atoms with Crippen LogP contribution in [0.4, 0.5) is 0 Å². The number of ketones is 3. The Morgan fingerprint density at radius 2 is 1.51 bits per heavy atom. The molecule has 2 aromatic carbocycles. The molecule has 258 valence electrons. The van der Waals surface area contributed by atoms with Gasteiger partial charge >= 0.3 is 0 Å². The molecule has 0 heterocycles. The monoisotopic (exact) mass is 649 g/mol. The van der Waals surface area contributed by atoms with Gasteiger partial charge in [0.05, 0.1) is 17.9 Å². The van der Waals surface area contributed by atoms with Gasteiger partial charge in [-0.05, 0) is 121 Å². The molecule has 0 radical (unpaired) electrons. The molecule has 4 atom stereocenters. The minimum absolute atomic E-state index is 0.0105. The van der Waals surface area contributed by atoms with Gasteiger partial charge in [0.1, 0.15) is 17.3 Å². The summed E-state index contributed by atoms with van der Waals surface area (Å²) in [5.41, 5.74) is 15.3. The van der Waals surface area contributed by atoms with Gasteiger partial charge in [-0.3, -0.25) is 24.2 Å². The molecule has 0 aliphatic carbocycles. The van der Waals surface area contributed by atoms with Crippen LogP contribution in [0.25, 0.3) is 0 Å². The average Bonchev–Trinajstić information content (AvgIpc) is 3.01. The van der Waals surface area contributed by atoms with Crippen LogP contribution in [0.2, 0.25) is 0 Å². The molecule has 47 heavy (non-hydrogen) atoms. The predicted molar refractivity (Wildman–Crippen MR) is 187 cm³/mol. The molecule has 10 heteroatoms. The Morgan fingerprint density at radius 3 is 2.11 bits per heavy atom. The van der Waals surface area contributed by atoms with E-state index >= 15 is 0 Å². The van der Waals surface area contributed by atoms with Crippen molar-refractivity contribution in [2.75, 3.05) is 20.1 Å². The number of amides is 1. The van der Waals surface area contributed by atoms with E-state index in [4.69, 9.17) is 11.5 Å². The van der Waals surface area contributed by atoms with E-state index in [0.29, 0.717) is 44.5 Å². The van der Waals surface area contributed by atoms with Crippen LogP contribution in [0.1, 0.15) is 81.0 Å². The minimum Gasteiger partial charge on any atom is -0.508 e. The Balaban J connectivity index is 2.31. The highest BCUT2D eigenvalue weighted by Crippen LogP contribution is 2.26. The molecule has 0 saturated carbocycles. The van der Waals surface area contributed by atoms with Crippen LogP contribution in [0.5, 0.6) is 5.75 Å². The summed E-state index contributed by atoms with van der Waals surface area (Å²) in [6.07, 6.45) is 3.49. The maximum atomic E-state index is 14.0. The van der Waals surface area contributed by atoms with E-state index in [-0.39, 0.29) is 42.4 Å². The SMILES string of the molecule is CNCCCCC(NC(=O)C(CC(=O)C(N)CCCN=C(C)N)Cc1c(C)cc(O)cc1C)C(=O)CC(Cc1ccccc1)C(C)=O. The molecule has 0 fully saturated rings. The number of nitrogens with one attached hydrogen (secondary N) is 2. The van der Waals surface area contributed by atoms with E-state index in [2.05, 4.69) is 15.6 Å². The fourth-order valence-electron chi connectivity index (χ4n) is 5.82. The van der Waals surface area contributed by atoms with E-state index in [0.717, 1.165) is 35.2 Å². The number of amidine groups is 1. The number of nitrogens with two attached hydrogens (primary N) is 2. The minimum atomic E-state index is -0.803. The average molecular weight is 650 g/mol. The van der Waals surface area contributed by atoms with Crippen molar-refractivity contribution >= 4 is 29.1 Å². The molecule has 10 nitrogen and oxygen atoms in total. The Kier molecular flexibility index (Phi) is 17.0. The van der Waals surface area contributed by atoms with Crippen molar-refractivity contribution in [1.82, 2.24) is 10.6 Å². The molecular weight excluding hydrogens is 594 g/mol. The Hall–Kier alpha value is -3.89. The highest BCUT2D eigenvalue weighted by molar-refractivity contribution is 5.94. The lowest BCUT2D eigenvalue weighted by molar-refractivity contribution is -0.133. The van der Waals surface area contributed by atoms with Crippen molar-refractivity contribution in [2.45, 2.75) is 97.6 Å². The van der Waals surface area contributed by atoms with Crippen molar-refractivity contribution in [1.29, 1.82) is 0 Å². The molecule has 2 aromatic rings. The van der Waals surface area contributed by atoms with Crippen molar-refractivity contribution in [3.8, 4) is 5.75 Å². The van der Waals surface area contributed by atoms with E-state index < -0.39 is 29.8 Å². The number of carbonyl (C=O) groups excluding carboxylic acids is 4. The first-order valence-electron chi connectivity index (χ1n) is 16.7. The first kappa shape index (κ1) is 39.3. The second kappa shape index (κ2) is 20.4. The number of aryl methyl sites for hydroxylation is 2. The zero-order chi connectivity index (χ0) is 34.9. The quantitative estimate of drug-likeness (QED) is 0.0725. The van der Waals surface area contributed by atoms with Gasteiger partial charge in [-0.25, -0.2) is 0 Å². The van der Waals surface area contributed by atoms with E-state index in [1.54, 1.807) is 19.1 Å². The molecule has 7 N–H and O–H groups in total. The molecule has 0 aliphatic heterocycles. The van der Waals surface area contributed by atoms with Gasteiger partial charge in [-0.2, -0.15) is 0 Å². The van der Waals surface area contributed by atoms with Crippen LogP contribution in [-0.4, -0.2) is 66.4 Å². The molecule has 4 unspecified atom stereocenters. The summed E-state index contributed by atoms with van der Waals surface area (Å²) < 4.78 is 0. The number of hydrogen-bond acceptors (Lipinski definition) is 8. The fraction of sp³-hybridized carbons (Fsp3) is 0.541. The molecule has 0 aliphatic rings. The normalized spacial score (nSPS) is 14.2. The van der Waals surface area contributed by atoms with Crippen molar-refractivity contribution < 1.29 is 24.3 Å². The Bertz CT molecular complexity index is 1330. The summed E-state index contributed by atoms with van der Waals surface area (Å²) in [6, 6.07) is 11.3. The van der Waals surface area contributed by atoms with Crippen molar-refractivity contribution in [2.24, 2.45) is 28.3 Å². The van der Waals surface area contributed by atoms with Gasteiger partial charge in [-0.1, -0.05) is 30.3 Å². The van der Waals surface area contributed by atoms with Crippen LogP contribution in [-0.2, 0) is 32.0 Å². The standard InChI is InChI=1S/C37H55N5O5/c1-24-18-31(44)19-25(2)32(24)21-30(23-35(45)33(39)14-11-17-41-27(4)38)37(47)42-34(15-9-10-16-40-5)36(46)22-29(26(3)43)20-28-12-7-6-8-13-28/h6-8,12-13,18-19,29-30,33-34,40,44H,9-11,14-17,20-23,39H2,1-5H3,(H2,38,41)(H,42,47). The van der Waals surface area contributed by atoms with Crippen molar-refractivity contribution in [3.63, 3.8) is 0 Å². The number of hydrogen-bond donors (Lipinski definition) is 5. The molecule has 0 aromatic heterocycles. The van der Waals surface area contributed by atoms with Gasteiger partial charge < -0.3 is 27.2 Å². The smallest absolute Gasteiger partial charge is 0.224 e. The van der Waals surface area contributed by atoms with Crippen LogP contribution in [0.15, 0.2) is 47.5 Å². The maximum Gasteiger partial charge on any atom is 0.224 e. The van der Waals surface area contributed by atoms with Gasteiger partial charge in [0.15, 0.2) is 5.78 Å². The third kappa shape index (κ3) is 14.2. The second-order valence-corrected chi connectivity index (χ2v) is 12.7. The van der Waals surface area contributed by atoms with Gasteiger partial charge in [0, 0.05) is 31.2 Å². The van der Waals surface area contributed by atoms with Gasteiger partial charge in [0.2, 0.25) is 5.91 Å². The number of benzene rings is 2. The summed E-state index contributed by atoms with van der Waals surface area (Å²) in [7, 11) is 1.86. The number of carbonyl (C=O) groups is 4. The first-order chi connectivity index (χ1) is 22.3. The summed E-state index contributed by atoms with van der Waals surface area (Å²) in [5.74, 6) is -1.64. The Labute approximate surface area is 280 Å². The molecule has 0 bridgehead atoms. The number of phenols is 1. The highest BCUT2D eigenvalue weighted by Gasteiger charge is 2.31. The number of Topliss-reactive ketones (excluding diaryl/α,β-unsaturated/α-hetero) is 3. The number of nitrogens with zero attached hydrogens (tertiary/aromatic N) is 1. The third-order valence-corrected chi connectivity index (χ3v) is 8.62. The lowest BCUT2D eigenvalue weighted by Gasteiger charge is -2.25. The maximum absolute atomic E-state index is 14.0. The second-order valence-electron chi connectivity index (χ2n) is 12.7. The zero-order valence-corrected chi connectivity index (χ0v) is 28.8. The van der Waals surface area contributed by atoms with E-state index in [1.807, 2.05) is 51.2 Å². The van der Waals surface area contributed by atoms with E-state index in [9.17, 15) is 24.3 Å². The number of unbranched alkanes of at least 4 members (excludes halogenated alkanes) is 1. The largest absolute Gasteiger partial charge is 0.508 e. The third-order valence-electron chi connectivity index (χ3n) is 8.62. The molecule has 0 spiro atoms. The topological polar surface area (TPSA) is 177 Å². The van der Waals surface area contributed by atoms with Gasteiger partial charge in [-0.15, -0.1) is 0 Å². The number of phenolic OH excluding ortho intramolecular Hbond substituents is 1. The van der Waals surface area contributed by atoms with Gasteiger partial charge in [0.25, 0.3) is 0 Å². The van der Waals surface area contributed by atoms with Crippen molar-refractivity contribution in [3.05, 3.63) is 64.7 Å². The summed E-state index contributed by atoms with van der Waals surface area (Å²) in [5, 5.41) is 16.2. The summed E-state index contributed by atoms with van der Waals surface area (Å²) >= 11 is 0. The molecule has 2 rings (SSSR count). The zero-order valence-electron chi connectivity index (χ0n) is 28.8. The van der Waals surface area contributed by atoms with E-state index in [1.165, 1.54) is 6.92 Å². The van der Waals surface area contributed by atoms with Crippen LogP contribution < -0.4 is 22.1 Å². The number of aliphatic imine (C=N–C) groups is 1. The molecule has 1 amide bonds. The molecule has 0 saturated heterocycles. The first-order valence-corrected chi connectivity index (χ1v) is 16.7. The predicted octanol–water partition coefficient (Wildman–Crippen LogP) is 3.89. The van der Waals surface area contributed by atoms with Crippen LogP contribution >= 0.6 is 0 Å². The Morgan fingerprint density at radius 1 is 0.872 bits per heavy atom. The summed E-state index contributed by atoms with van der Waals surface area (Å²) in [6.45, 7) is 8.13. The molecular formula is C37H55N5O5. The lowest BCUT2D eigenvalue weighted by atomic mass is 9.86. The van der Waals surface area contributed by atoms with Crippen LogP contribution in [0, 0.1) is 25.7 Å². The van der Waals surface area contributed by atoms with Crippen LogP contribution in [0.3, 0.4) is 0 Å². The summed E-state index contributed by atoms with van der Waals surface area (Å²) in [4.78, 5) is 57.9. The number of aromatic hydroxyl groups is 1. The lowest BCUT2D eigenvalue weighted by Crippen LogP contribution is -2.46.